The Morgan fingerprint density at radius 3 is 3.10 bits per heavy atom. The summed E-state index contributed by atoms with van der Waals surface area (Å²) in [7, 11) is 0. The van der Waals surface area contributed by atoms with Gasteiger partial charge in [0.2, 0.25) is 0 Å². The van der Waals surface area contributed by atoms with Crippen molar-refractivity contribution in [3.8, 4) is 0 Å². The average molecular weight is 305 g/mol. The molecule has 2 heterocycles. The molecule has 1 amide bonds. The molecule has 0 saturated heterocycles. The van der Waals surface area contributed by atoms with Crippen molar-refractivity contribution in [3.63, 3.8) is 0 Å². The van der Waals surface area contributed by atoms with Crippen molar-refractivity contribution in [2.45, 2.75) is 39.7 Å². The Labute approximate surface area is 127 Å². The molecule has 0 bridgehead atoms. The highest BCUT2D eigenvalue weighted by Gasteiger charge is 2.20. The number of fused-ring (bicyclic) bond motifs is 1. The number of amides is 1. The standard InChI is InChI=1S/C16H19NOS2/c1-10-3-4-13-12(7-10)8-14(20-13)16(18)17-9-15-11(2)5-6-19-15/h5-6,8,10H,3-4,7,9H2,1-2H3,(H,17,18). The van der Waals surface area contributed by atoms with Crippen LogP contribution in [0.15, 0.2) is 17.5 Å². The molecule has 2 aromatic heterocycles. The monoisotopic (exact) mass is 305 g/mol. The largest absolute Gasteiger partial charge is 0.346 e. The molecule has 0 aliphatic heterocycles. The Morgan fingerprint density at radius 2 is 2.35 bits per heavy atom. The zero-order chi connectivity index (χ0) is 14.1. The normalized spacial score (nSPS) is 17.8. The van der Waals surface area contributed by atoms with E-state index in [4.69, 9.17) is 0 Å². The molecule has 4 heteroatoms. The second-order valence-electron chi connectivity index (χ2n) is 5.62. The van der Waals surface area contributed by atoms with Crippen LogP contribution in [0, 0.1) is 12.8 Å². The Kier molecular flexibility index (Phi) is 3.94. The molecule has 0 fully saturated rings. The van der Waals surface area contributed by atoms with Gasteiger partial charge in [-0.25, -0.2) is 0 Å². The fraction of sp³-hybridized carbons (Fsp3) is 0.438. The number of carbonyl (C=O) groups is 1. The molecule has 0 spiro atoms. The molecule has 2 aromatic rings. The molecule has 1 N–H and O–H groups in total. The smallest absolute Gasteiger partial charge is 0.261 e. The third-order valence-electron chi connectivity index (χ3n) is 3.93. The SMILES string of the molecule is Cc1ccsc1CNC(=O)c1cc2c(s1)CCC(C)C2. The Bertz CT molecular complexity index is 626. The summed E-state index contributed by atoms with van der Waals surface area (Å²) in [5.41, 5.74) is 2.65. The van der Waals surface area contributed by atoms with Crippen molar-refractivity contribution >= 4 is 28.6 Å². The zero-order valence-corrected chi connectivity index (χ0v) is 13.5. The summed E-state index contributed by atoms with van der Waals surface area (Å²) in [4.78, 5) is 15.8. The van der Waals surface area contributed by atoms with Crippen molar-refractivity contribution in [3.05, 3.63) is 43.3 Å². The van der Waals surface area contributed by atoms with Gasteiger partial charge in [0.05, 0.1) is 11.4 Å². The van der Waals surface area contributed by atoms with E-state index in [9.17, 15) is 4.79 Å². The summed E-state index contributed by atoms with van der Waals surface area (Å²) in [6.45, 7) is 5.02. The van der Waals surface area contributed by atoms with Crippen molar-refractivity contribution in [2.75, 3.05) is 0 Å². The van der Waals surface area contributed by atoms with Gasteiger partial charge in [0, 0.05) is 9.75 Å². The highest BCUT2D eigenvalue weighted by molar-refractivity contribution is 7.14. The zero-order valence-electron chi connectivity index (χ0n) is 11.9. The van der Waals surface area contributed by atoms with E-state index in [1.807, 2.05) is 0 Å². The highest BCUT2D eigenvalue weighted by Crippen LogP contribution is 2.32. The van der Waals surface area contributed by atoms with E-state index in [-0.39, 0.29) is 5.91 Å². The molecule has 0 saturated carbocycles. The van der Waals surface area contributed by atoms with Crippen LogP contribution in [0.4, 0.5) is 0 Å². The maximum Gasteiger partial charge on any atom is 0.261 e. The molecule has 2 nitrogen and oxygen atoms in total. The summed E-state index contributed by atoms with van der Waals surface area (Å²) in [6, 6.07) is 4.20. The van der Waals surface area contributed by atoms with Gasteiger partial charge in [0.25, 0.3) is 5.91 Å². The lowest BCUT2D eigenvalue weighted by molar-refractivity contribution is 0.0955. The minimum atomic E-state index is 0.0739. The van der Waals surface area contributed by atoms with Gasteiger partial charge in [-0.05, 0) is 60.7 Å². The van der Waals surface area contributed by atoms with Crippen LogP contribution in [0.2, 0.25) is 0 Å². The molecule has 0 radical (unpaired) electrons. The minimum absolute atomic E-state index is 0.0739. The van der Waals surface area contributed by atoms with Gasteiger partial charge in [-0.3, -0.25) is 4.79 Å². The lowest BCUT2D eigenvalue weighted by Crippen LogP contribution is -2.21. The van der Waals surface area contributed by atoms with Crippen LogP contribution in [0.5, 0.6) is 0 Å². The number of aryl methyl sites for hydroxylation is 2. The van der Waals surface area contributed by atoms with Crippen molar-refractivity contribution in [1.82, 2.24) is 5.32 Å². The topological polar surface area (TPSA) is 29.1 Å². The van der Waals surface area contributed by atoms with Crippen LogP contribution in [0.3, 0.4) is 0 Å². The maximum atomic E-state index is 12.3. The average Bonchev–Trinajstić information content (AvgIpc) is 3.01. The number of hydrogen-bond donors (Lipinski definition) is 1. The Hall–Kier alpha value is -1.13. The van der Waals surface area contributed by atoms with Gasteiger partial charge in [-0.15, -0.1) is 22.7 Å². The van der Waals surface area contributed by atoms with E-state index in [1.54, 1.807) is 22.7 Å². The summed E-state index contributed by atoms with van der Waals surface area (Å²) < 4.78 is 0. The van der Waals surface area contributed by atoms with Crippen molar-refractivity contribution in [2.24, 2.45) is 5.92 Å². The van der Waals surface area contributed by atoms with E-state index in [0.29, 0.717) is 6.54 Å². The molecule has 106 valence electrons. The van der Waals surface area contributed by atoms with Gasteiger partial charge in [0.1, 0.15) is 0 Å². The Morgan fingerprint density at radius 1 is 1.50 bits per heavy atom. The van der Waals surface area contributed by atoms with Gasteiger partial charge >= 0.3 is 0 Å². The molecule has 3 rings (SSSR count). The minimum Gasteiger partial charge on any atom is -0.346 e. The quantitative estimate of drug-likeness (QED) is 0.906. The molecule has 1 unspecified atom stereocenters. The summed E-state index contributed by atoms with van der Waals surface area (Å²) in [5, 5.41) is 5.12. The predicted octanol–water partition coefficient (Wildman–Crippen LogP) is 4.17. The molecular formula is C16H19NOS2. The second kappa shape index (κ2) is 5.70. The Balaban J connectivity index is 1.67. The van der Waals surface area contributed by atoms with Crippen molar-refractivity contribution in [1.29, 1.82) is 0 Å². The van der Waals surface area contributed by atoms with Gasteiger partial charge < -0.3 is 5.32 Å². The number of rotatable bonds is 3. The highest BCUT2D eigenvalue weighted by atomic mass is 32.1. The number of thiophene rings is 2. The lowest BCUT2D eigenvalue weighted by Gasteiger charge is -2.16. The maximum absolute atomic E-state index is 12.3. The summed E-state index contributed by atoms with van der Waals surface area (Å²) in [6.07, 6.45) is 3.52. The first-order valence-electron chi connectivity index (χ1n) is 7.06. The molecule has 20 heavy (non-hydrogen) atoms. The summed E-state index contributed by atoms with van der Waals surface area (Å²) >= 11 is 3.38. The van der Waals surface area contributed by atoms with Gasteiger partial charge in [-0.2, -0.15) is 0 Å². The van der Waals surface area contributed by atoms with E-state index in [0.717, 1.165) is 23.6 Å². The van der Waals surface area contributed by atoms with E-state index in [2.05, 4.69) is 36.7 Å². The van der Waals surface area contributed by atoms with Crippen LogP contribution < -0.4 is 5.32 Å². The number of hydrogen-bond acceptors (Lipinski definition) is 3. The molecular weight excluding hydrogens is 286 g/mol. The third-order valence-corrected chi connectivity index (χ3v) is 6.19. The predicted molar refractivity (Wildman–Crippen MR) is 85.7 cm³/mol. The van der Waals surface area contributed by atoms with Crippen LogP contribution in [0.25, 0.3) is 0 Å². The first-order valence-corrected chi connectivity index (χ1v) is 8.76. The lowest BCUT2D eigenvalue weighted by atomic mass is 9.90. The van der Waals surface area contributed by atoms with E-state index in [1.165, 1.54) is 27.3 Å². The van der Waals surface area contributed by atoms with Gasteiger partial charge in [0.15, 0.2) is 0 Å². The fourth-order valence-corrected chi connectivity index (χ4v) is 4.62. The van der Waals surface area contributed by atoms with Crippen molar-refractivity contribution < 1.29 is 4.79 Å². The molecule has 0 aromatic carbocycles. The first-order chi connectivity index (χ1) is 9.63. The summed E-state index contributed by atoms with van der Waals surface area (Å²) in [5.74, 6) is 0.826. The molecule has 1 aliphatic rings. The van der Waals surface area contributed by atoms with Crippen LogP contribution >= 0.6 is 22.7 Å². The van der Waals surface area contributed by atoms with Crippen LogP contribution in [0.1, 0.15) is 43.9 Å². The third kappa shape index (κ3) is 2.81. The number of nitrogens with one attached hydrogen (secondary N) is 1. The first kappa shape index (κ1) is 13.8. The van der Waals surface area contributed by atoms with E-state index < -0.39 is 0 Å². The molecule has 1 atom stereocenters. The number of carbonyl (C=O) groups excluding carboxylic acids is 1. The molecule has 1 aliphatic carbocycles. The van der Waals surface area contributed by atoms with E-state index >= 15 is 0 Å². The van der Waals surface area contributed by atoms with Crippen LogP contribution in [-0.2, 0) is 19.4 Å². The van der Waals surface area contributed by atoms with Crippen LogP contribution in [-0.4, -0.2) is 5.91 Å². The second-order valence-corrected chi connectivity index (χ2v) is 7.75. The fourth-order valence-electron chi connectivity index (χ4n) is 2.65. The van der Waals surface area contributed by atoms with Gasteiger partial charge in [-0.1, -0.05) is 6.92 Å².